The Hall–Kier alpha value is -0.780. The molecule has 2 aliphatic carbocycles. The molecule has 2 aliphatic rings. The van der Waals surface area contributed by atoms with Crippen molar-refractivity contribution < 1.29 is 0 Å². The molecule has 1 aromatic rings. The van der Waals surface area contributed by atoms with Gasteiger partial charge in [0.05, 0.1) is 0 Å². The highest BCUT2D eigenvalue weighted by molar-refractivity contribution is 5.44. The van der Waals surface area contributed by atoms with Crippen molar-refractivity contribution in [2.24, 2.45) is 0 Å². The van der Waals surface area contributed by atoms with Crippen molar-refractivity contribution in [2.45, 2.75) is 50.9 Å². The van der Waals surface area contributed by atoms with E-state index < -0.39 is 0 Å². The molecule has 0 N–H and O–H groups in total. The highest BCUT2D eigenvalue weighted by Crippen LogP contribution is 2.53. The minimum Gasteiger partial charge on any atom is -0.0587 e. The van der Waals surface area contributed by atoms with Crippen LogP contribution in [0.1, 0.15) is 67.6 Å². The van der Waals surface area contributed by atoms with E-state index in [4.69, 9.17) is 0 Å². The van der Waals surface area contributed by atoms with E-state index in [-0.39, 0.29) is 0 Å². The summed E-state index contributed by atoms with van der Waals surface area (Å²) in [7, 11) is 0. The van der Waals surface area contributed by atoms with Gasteiger partial charge in [-0.15, -0.1) is 0 Å². The van der Waals surface area contributed by atoms with Gasteiger partial charge in [0.1, 0.15) is 0 Å². The average Bonchev–Trinajstić information content (AvgIpc) is 2.77. The Balaban J connectivity index is 2.08. The Bertz CT molecular complexity index is 362. The summed E-state index contributed by atoms with van der Waals surface area (Å²) in [4.78, 5) is 0. The molecule has 0 amide bonds. The molecular formula is C14H18. The quantitative estimate of drug-likeness (QED) is 0.617. The summed E-state index contributed by atoms with van der Waals surface area (Å²) in [5, 5.41) is 0. The SMILES string of the molecule is CC(C)c1ccc2c(c1)C1CCC2C1. The van der Waals surface area contributed by atoms with E-state index in [1.165, 1.54) is 24.8 Å². The van der Waals surface area contributed by atoms with Crippen LogP contribution in [0.25, 0.3) is 0 Å². The van der Waals surface area contributed by atoms with Gasteiger partial charge in [-0.25, -0.2) is 0 Å². The summed E-state index contributed by atoms with van der Waals surface area (Å²) < 4.78 is 0. The molecule has 0 aromatic heterocycles. The first-order valence-electron chi connectivity index (χ1n) is 5.89. The number of hydrogen-bond donors (Lipinski definition) is 0. The lowest BCUT2D eigenvalue weighted by Gasteiger charge is -2.17. The maximum absolute atomic E-state index is 2.48. The van der Waals surface area contributed by atoms with Gasteiger partial charge in [-0.2, -0.15) is 0 Å². The monoisotopic (exact) mass is 186 g/mol. The normalized spacial score (nSPS) is 28.5. The second kappa shape index (κ2) is 2.85. The van der Waals surface area contributed by atoms with Gasteiger partial charge in [-0.1, -0.05) is 32.0 Å². The number of fused-ring (bicyclic) bond motifs is 5. The van der Waals surface area contributed by atoms with Gasteiger partial charge in [0, 0.05) is 0 Å². The Morgan fingerprint density at radius 1 is 1.07 bits per heavy atom. The van der Waals surface area contributed by atoms with Crippen LogP contribution in [0.2, 0.25) is 0 Å². The minimum absolute atomic E-state index is 0.680. The van der Waals surface area contributed by atoms with E-state index in [9.17, 15) is 0 Å². The van der Waals surface area contributed by atoms with Crippen molar-refractivity contribution in [3.05, 3.63) is 34.9 Å². The summed E-state index contributed by atoms with van der Waals surface area (Å²) in [6.45, 7) is 4.57. The molecule has 0 heterocycles. The summed E-state index contributed by atoms with van der Waals surface area (Å²) in [6.07, 6.45) is 4.33. The molecule has 1 fully saturated rings. The van der Waals surface area contributed by atoms with Crippen LogP contribution in [0.15, 0.2) is 18.2 Å². The van der Waals surface area contributed by atoms with Crippen LogP contribution in [-0.2, 0) is 0 Å². The van der Waals surface area contributed by atoms with Crippen LogP contribution in [0, 0.1) is 0 Å². The zero-order valence-electron chi connectivity index (χ0n) is 9.09. The van der Waals surface area contributed by atoms with E-state index in [2.05, 4.69) is 32.0 Å². The van der Waals surface area contributed by atoms with Crippen LogP contribution in [0.3, 0.4) is 0 Å². The van der Waals surface area contributed by atoms with E-state index in [0.29, 0.717) is 5.92 Å². The molecule has 0 aliphatic heterocycles. The standard InChI is InChI=1S/C14H18/c1-9(2)10-5-6-13-11-3-4-12(7-11)14(13)8-10/h5-6,8-9,11-12H,3-4,7H2,1-2H3. The predicted molar refractivity (Wildman–Crippen MR) is 59.9 cm³/mol. The summed E-state index contributed by atoms with van der Waals surface area (Å²) >= 11 is 0. The zero-order chi connectivity index (χ0) is 9.71. The molecule has 1 saturated carbocycles. The van der Waals surface area contributed by atoms with Crippen LogP contribution in [0.4, 0.5) is 0 Å². The largest absolute Gasteiger partial charge is 0.0587 e. The van der Waals surface area contributed by atoms with Gasteiger partial charge in [-0.05, 0) is 53.7 Å². The Morgan fingerprint density at radius 3 is 2.50 bits per heavy atom. The average molecular weight is 186 g/mol. The molecule has 74 valence electrons. The maximum Gasteiger partial charge on any atom is -0.0153 e. The smallest absolute Gasteiger partial charge is 0.0153 e. The van der Waals surface area contributed by atoms with Crippen molar-refractivity contribution in [3.63, 3.8) is 0 Å². The van der Waals surface area contributed by atoms with Gasteiger partial charge in [-0.3, -0.25) is 0 Å². The zero-order valence-corrected chi connectivity index (χ0v) is 9.09. The van der Waals surface area contributed by atoms with Gasteiger partial charge < -0.3 is 0 Å². The van der Waals surface area contributed by atoms with E-state index in [1.807, 2.05) is 0 Å². The van der Waals surface area contributed by atoms with Crippen molar-refractivity contribution >= 4 is 0 Å². The molecular weight excluding hydrogens is 168 g/mol. The second-order valence-electron chi connectivity index (χ2n) is 5.25. The topological polar surface area (TPSA) is 0 Å². The van der Waals surface area contributed by atoms with E-state index in [0.717, 1.165) is 11.8 Å². The lowest BCUT2D eigenvalue weighted by atomic mass is 9.88. The summed E-state index contributed by atoms with van der Waals surface area (Å²) in [5.41, 5.74) is 4.88. The van der Waals surface area contributed by atoms with E-state index in [1.54, 1.807) is 11.1 Å². The first-order valence-corrected chi connectivity index (χ1v) is 5.89. The Labute approximate surface area is 86.3 Å². The molecule has 2 atom stereocenters. The lowest BCUT2D eigenvalue weighted by molar-refractivity contribution is 0.713. The molecule has 0 nitrogen and oxygen atoms in total. The molecule has 14 heavy (non-hydrogen) atoms. The fourth-order valence-corrected chi connectivity index (χ4v) is 3.22. The fourth-order valence-electron chi connectivity index (χ4n) is 3.22. The maximum atomic E-state index is 2.48. The van der Waals surface area contributed by atoms with Gasteiger partial charge >= 0.3 is 0 Å². The predicted octanol–water partition coefficient (Wildman–Crippen LogP) is 4.17. The van der Waals surface area contributed by atoms with Crippen LogP contribution in [-0.4, -0.2) is 0 Å². The number of benzene rings is 1. The third-order valence-corrected chi connectivity index (χ3v) is 4.09. The van der Waals surface area contributed by atoms with Crippen LogP contribution < -0.4 is 0 Å². The summed E-state index contributed by atoms with van der Waals surface area (Å²) in [5.74, 6) is 2.50. The van der Waals surface area contributed by atoms with Crippen molar-refractivity contribution in [3.8, 4) is 0 Å². The number of hydrogen-bond acceptors (Lipinski definition) is 0. The molecule has 2 bridgehead atoms. The van der Waals surface area contributed by atoms with Gasteiger partial charge in [0.25, 0.3) is 0 Å². The van der Waals surface area contributed by atoms with Crippen molar-refractivity contribution in [1.82, 2.24) is 0 Å². The number of rotatable bonds is 1. The molecule has 1 aromatic carbocycles. The van der Waals surface area contributed by atoms with Gasteiger partial charge in [0.2, 0.25) is 0 Å². The Morgan fingerprint density at radius 2 is 1.79 bits per heavy atom. The second-order valence-corrected chi connectivity index (χ2v) is 5.25. The molecule has 2 unspecified atom stereocenters. The lowest BCUT2D eigenvalue weighted by Crippen LogP contribution is -1.99. The minimum atomic E-state index is 0.680. The summed E-state index contributed by atoms with van der Waals surface area (Å²) in [6, 6.07) is 7.21. The highest BCUT2D eigenvalue weighted by atomic mass is 14.4. The molecule has 0 spiro atoms. The fraction of sp³-hybridized carbons (Fsp3) is 0.571. The van der Waals surface area contributed by atoms with E-state index >= 15 is 0 Å². The Kier molecular flexibility index (Phi) is 1.74. The molecule has 0 radical (unpaired) electrons. The van der Waals surface area contributed by atoms with Crippen molar-refractivity contribution in [2.75, 3.05) is 0 Å². The van der Waals surface area contributed by atoms with Crippen LogP contribution in [0.5, 0.6) is 0 Å². The van der Waals surface area contributed by atoms with Crippen molar-refractivity contribution in [1.29, 1.82) is 0 Å². The third kappa shape index (κ3) is 1.06. The molecule has 0 saturated heterocycles. The molecule has 0 heteroatoms. The first-order chi connectivity index (χ1) is 6.75. The molecule has 3 rings (SSSR count). The van der Waals surface area contributed by atoms with Gasteiger partial charge in [0.15, 0.2) is 0 Å². The highest BCUT2D eigenvalue weighted by Gasteiger charge is 2.36. The first kappa shape index (κ1) is 8.52. The third-order valence-electron chi connectivity index (χ3n) is 4.09. The van der Waals surface area contributed by atoms with Crippen LogP contribution >= 0.6 is 0 Å².